The van der Waals surface area contributed by atoms with Gasteiger partial charge in [-0.1, -0.05) is 0 Å². The van der Waals surface area contributed by atoms with Gasteiger partial charge >= 0.3 is 0 Å². The predicted molar refractivity (Wildman–Crippen MR) is 69.0 cm³/mol. The van der Waals surface area contributed by atoms with Gasteiger partial charge in [0.2, 0.25) is 0 Å². The van der Waals surface area contributed by atoms with E-state index in [-0.39, 0.29) is 11.9 Å². The van der Waals surface area contributed by atoms with Crippen molar-refractivity contribution in [1.82, 2.24) is 9.88 Å². The van der Waals surface area contributed by atoms with Crippen molar-refractivity contribution in [3.05, 3.63) is 23.9 Å². The van der Waals surface area contributed by atoms with E-state index in [0.29, 0.717) is 12.1 Å². The van der Waals surface area contributed by atoms with E-state index in [0.717, 1.165) is 12.2 Å². The van der Waals surface area contributed by atoms with Crippen LogP contribution in [0.15, 0.2) is 18.3 Å². The fraction of sp³-hybridized carbons (Fsp3) is 0.500. The summed E-state index contributed by atoms with van der Waals surface area (Å²) in [6.45, 7) is 2.69. The molecule has 0 aliphatic carbocycles. The van der Waals surface area contributed by atoms with Crippen molar-refractivity contribution in [2.45, 2.75) is 19.4 Å². The molecule has 0 spiro atoms. The molecule has 0 aromatic carbocycles. The maximum atomic E-state index is 11.6. The van der Waals surface area contributed by atoms with E-state index < -0.39 is 0 Å². The summed E-state index contributed by atoms with van der Waals surface area (Å²) in [5.74, 6) is 0.723. The smallest absolute Gasteiger partial charge is 0.254 e. The molecule has 0 saturated heterocycles. The van der Waals surface area contributed by atoms with E-state index in [9.17, 15) is 4.79 Å². The van der Waals surface area contributed by atoms with Crippen LogP contribution >= 0.6 is 0 Å². The predicted octanol–water partition coefficient (Wildman–Crippen LogP) is 0.933. The molecule has 5 nitrogen and oxygen atoms in total. The Labute approximate surface area is 102 Å². The number of rotatable bonds is 5. The highest BCUT2D eigenvalue weighted by Crippen LogP contribution is 2.08. The SMILES string of the molecule is CC(CCN)Nc1ccc(C(=O)N(C)C)cn1. The molecule has 0 fully saturated rings. The molecule has 0 aliphatic rings. The molecule has 1 rings (SSSR count). The molecule has 1 unspecified atom stereocenters. The lowest BCUT2D eigenvalue weighted by atomic mass is 10.2. The number of hydrogen-bond acceptors (Lipinski definition) is 4. The Morgan fingerprint density at radius 3 is 2.71 bits per heavy atom. The molecule has 0 aliphatic heterocycles. The fourth-order valence-corrected chi connectivity index (χ4v) is 1.44. The molecule has 1 aromatic rings. The Morgan fingerprint density at radius 1 is 1.53 bits per heavy atom. The van der Waals surface area contributed by atoms with Crippen molar-refractivity contribution >= 4 is 11.7 Å². The molecule has 5 heteroatoms. The topological polar surface area (TPSA) is 71.2 Å². The largest absolute Gasteiger partial charge is 0.368 e. The van der Waals surface area contributed by atoms with Crippen LogP contribution in [-0.4, -0.2) is 42.5 Å². The van der Waals surface area contributed by atoms with Crippen LogP contribution in [0.5, 0.6) is 0 Å². The second-order valence-electron chi connectivity index (χ2n) is 4.25. The highest BCUT2D eigenvalue weighted by atomic mass is 16.2. The second-order valence-corrected chi connectivity index (χ2v) is 4.25. The van der Waals surface area contributed by atoms with Gasteiger partial charge in [0.15, 0.2) is 0 Å². The highest BCUT2D eigenvalue weighted by molar-refractivity contribution is 5.93. The standard InChI is InChI=1S/C12H20N4O/c1-9(6-7-13)15-11-5-4-10(8-14-11)12(17)16(2)3/h4-5,8-9H,6-7,13H2,1-3H3,(H,14,15). The average Bonchev–Trinajstić information content (AvgIpc) is 2.29. The Kier molecular flexibility index (Phi) is 4.90. The Hall–Kier alpha value is -1.62. The fourth-order valence-electron chi connectivity index (χ4n) is 1.44. The molecule has 94 valence electrons. The van der Waals surface area contributed by atoms with Crippen LogP contribution in [-0.2, 0) is 0 Å². The van der Waals surface area contributed by atoms with Gasteiger partial charge in [0.1, 0.15) is 5.82 Å². The Bertz CT molecular complexity index is 361. The first-order valence-electron chi connectivity index (χ1n) is 5.69. The van der Waals surface area contributed by atoms with Gasteiger partial charge in [-0.2, -0.15) is 0 Å². The molecule has 0 saturated carbocycles. The summed E-state index contributed by atoms with van der Waals surface area (Å²) in [7, 11) is 3.44. The number of pyridine rings is 1. The third-order valence-corrected chi connectivity index (χ3v) is 2.41. The quantitative estimate of drug-likeness (QED) is 0.798. The van der Waals surface area contributed by atoms with Gasteiger partial charge < -0.3 is 16.0 Å². The molecule has 1 heterocycles. The van der Waals surface area contributed by atoms with Crippen molar-refractivity contribution < 1.29 is 4.79 Å². The van der Waals surface area contributed by atoms with Gasteiger partial charge in [0.25, 0.3) is 5.91 Å². The van der Waals surface area contributed by atoms with Gasteiger partial charge in [-0.05, 0) is 32.0 Å². The lowest BCUT2D eigenvalue weighted by Crippen LogP contribution is -2.22. The summed E-state index contributed by atoms with van der Waals surface area (Å²) < 4.78 is 0. The number of nitrogens with one attached hydrogen (secondary N) is 1. The summed E-state index contributed by atoms with van der Waals surface area (Å²) in [6.07, 6.45) is 2.47. The van der Waals surface area contributed by atoms with Gasteiger partial charge in [-0.25, -0.2) is 4.98 Å². The lowest BCUT2D eigenvalue weighted by molar-refractivity contribution is 0.0827. The van der Waals surface area contributed by atoms with Gasteiger partial charge in [0.05, 0.1) is 5.56 Å². The Morgan fingerprint density at radius 2 is 2.24 bits per heavy atom. The summed E-state index contributed by atoms with van der Waals surface area (Å²) >= 11 is 0. The molecular weight excluding hydrogens is 216 g/mol. The van der Waals surface area contributed by atoms with Crippen LogP contribution in [0.2, 0.25) is 0 Å². The van der Waals surface area contributed by atoms with Gasteiger partial charge in [0, 0.05) is 26.3 Å². The van der Waals surface area contributed by atoms with Crippen LogP contribution in [0.3, 0.4) is 0 Å². The molecule has 1 amide bonds. The van der Waals surface area contributed by atoms with Crippen molar-refractivity contribution in [2.24, 2.45) is 5.73 Å². The molecular formula is C12H20N4O. The zero-order valence-electron chi connectivity index (χ0n) is 10.6. The monoisotopic (exact) mass is 236 g/mol. The Balaban J connectivity index is 2.65. The van der Waals surface area contributed by atoms with E-state index in [1.54, 1.807) is 26.4 Å². The zero-order valence-corrected chi connectivity index (χ0v) is 10.6. The maximum absolute atomic E-state index is 11.6. The minimum atomic E-state index is -0.0425. The van der Waals surface area contributed by atoms with Gasteiger partial charge in [-0.3, -0.25) is 4.79 Å². The number of hydrogen-bond donors (Lipinski definition) is 2. The molecule has 3 N–H and O–H groups in total. The minimum absolute atomic E-state index is 0.0425. The number of anilines is 1. The summed E-state index contributed by atoms with van der Waals surface area (Å²) in [4.78, 5) is 17.4. The second kappa shape index (κ2) is 6.20. The summed E-state index contributed by atoms with van der Waals surface area (Å²) in [6, 6.07) is 3.86. The number of carbonyl (C=O) groups excluding carboxylic acids is 1. The van der Waals surface area contributed by atoms with Crippen molar-refractivity contribution in [3.8, 4) is 0 Å². The van der Waals surface area contributed by atoms with Crippen LogP contribution in [0.1, 0.15) is 23.7 Å². The average molecular weight is 236 g/mol. The van der Waals surface area contributed by atoms with Crippen LogP contribution < -0.4 is 11.1 Å². The first-order valence-corrected chi connectivity index (χ1v) is 5.69. The first-order chi connectivity index (χ1) is 8.04. The molecule has 1 atom stereocenters. The van der Waals surface area contributed by atoms with Crippen LogP contribution in [0.25, 0.3) is 0 Å². The zero-order chi connectivity index (χ0) is 12.8. The van der Waals surface area contributed by atoms with Crippen LogP contribution in [0.4, 0.5) is 5.82 Å². The normalized spacial score (nSPS) is 12.0. The first kappa shape index (κ1) is 13.4. The number of nitrogens with two attached hydrogens (primary N) is 1. The maximum Gasteiger partial charge on any atom is 0.254 e. The number of amides is 1. The van der Waals surface area contributed by atoms with E-state index in [4.69, 9.17) is 5.73 Å². The number of carbonyl (C=O) groups is 1. The summed E-state index contributed by atoms with van der Waals surface area (Å²) in [5, 5.41) is 3.22. The van der Waals surface area contributed by atoms with Crippen molar-refractivity contribution in [3.63, 3.8) is 0 Å². The van der Waals surface area contributed by atoms with E-state index in [2.05, 4.69) is 10.3 Å². The molecule has 0 radical (unpaired) electrons. The van der Waals surface area contributed by atoms with E-state index in [1.807, 2.05) is 13.0 Å². The molecule has 1 aromatic heterocycles. The lowest BCUT2D eigenvalue weighted by Gasteiger charge is -2.14. The minimum Gasteiger partial charge on any atom is -0.368 e. The van der Waals surface area contributed by atoms with Crippen molar-refractivity contribution in [1.29, 1.82) is 0 Å². The molecule has 17 heavy (non-hydrogen) atoms. The highest BCUT2D eigenvalue weighted by Gasteiger charge is 2.08. The van der Waals surface area contributed by atoms with E-state index >= 15 is 0 Å². The third-order valence-electron chi connectivity index (χ3n) is 2.41. The summed E-state index contributed by atoms with van der Waals surface area (Å²) in [5.41, 5.74) is 6.06. The molecule has 0 bridgehead atoms. The van der Waals surface area contributed by atoms with Gasteiger partial charge in [-0.15, -0.1) is 0 Å². The third kappa shape index (κ3) is 4.03. The van der Waals surface area contributed by atoms with Crippen molar-refractivity contribution in [2.75, 3.05) is 26.0 Å². The number of nitrogens with zero attached hydrogens (tertiary/aromatic N) is 2. The number of aromatic nitrogens is 1. The van der Waals surface area contributed by atoms with E-state index in [1.165, 1.54) is 4.90 Å². The van der Waals surface area contributed by atoms with Crippen LogP contribution in [0, 0.1) is 0 Å².